The number of nitrogens with one attached hydrogen (secondary N) is 1. The second-order valence-corrected chi connectivity index (χ2v) is 5.98. The number of methoxy groups -OCH3 is 1. The van der Waals surface area contributed by atoms with Gasteiger partial charge in [0.1, 0.15) is 0 Å². The summed E-state index contributed by atoms with van der Waals surface area (Å²) in [5.41, 5.74) is 4.92. The van der Waals surface area contributed by atoms with E-state index in [-0.39, 0.29) is 0 Å². The average molecular weight is 381 g/mol. The zero-order chi connectivity index (χ0) is 19.1. The van der Waals surface area contributed by atoms with E-state index in [4.69, 9.17) is 21.1 Å². The van der Waals surface area contributed by atoms with E-state index in [9.17, 15) is 4.79 Å². The van der Waals surface area contributed by atoms with Gasteiger partial charge in [-0.25, -0.2) is 4.79 Å². The van der Waals surface area contributed by atoms with E-state index in [1.165, 1.54) is 7.11 Å². The van der Waals surface area contributed by atoms with Crippen molar-refractivity contribution in [2.75, 3.05) is 12.5 Å². The Morgan fingerprint density at radius 2 is 1.81 bits per heavy atom. The first-order chi connectivity index (χ1) is 13.2. The summed E-state index contributed by atoms with van der Waals surface area (Å²) in [7, 11) is 1.51. The molecule has 0 amide bonds. The van der Waals surface area contributed by atoms with Crippen molar-refractivity contribution >= 4 is 29.5 Å². The van der Waals surface area contributed by atoms with Crippen molar-refractivity contribution in [2.24, 2.45) is 5.10 Å². The third-order valence-corrected chi connectivity index (χ3v) is 3.87. The third kappa shape index (κ3) is 5.09. The maximum absolute atomic E-state index is 12.2. The summed E-state index contributed by atoms with van der Waals surface area (Å²) in [5.74, 6) is 0.329. The number of halogens is 1. The second-order valence-electron chi connectivity index (χ2n) is 5.55. The molecule has 0 spiro atoms. The van der Waals surface area contributed by atoms with Crippen molar-refractivity contribution in [1.29, 1.82) is 0 Å². The molecule has 0 saturated heterocycles. The molecule has 0 aliphatic heterocycles. The largest absolute Gasteiger partial charge is 0.493 e. The first-order valence-corrected chi connectivity index (χ1v) is 8.53. The summed E-state index contributed by atoms with van der Waals surface area (Å²) >= 11 is 5.93. The number of anilines is 1. The SMILES string of the molecule is COc1cc(C=NNc2cccc(Cl)c2)ccc1OC(=O)c1ccccc1. The fourth-order valence-corrected chi connectivity index (χ4v) is 2.51. The van der Waals surface area contributed by atoms with Gasteiger partial charge in [-0.15, -0.1) is 0 Å². The summed E-state index contributed by atoms with van der Waals surface area (Å²) in [6, 6.07) is 21.2. The Morgan fingerprint density at radius 3 is 2.56 bits per heavy atom. The summed E-state index contributed by atoms with van der Waals surface area (Å²) < 4.78 is 10.8. The fraction of sp³-hybridized carbons (Fsp3) is 0.0476. The number of carbonyl (C=O) groups is 1. The molecule has 0 aliphatic carbocycles. The molecule has 27 heavy (non-hydrogen) atoms. The normalized spacial score (nSPS) is 10.6. The minimum absolute atomic E-state index is 0.339. The van der Waals surface area contributed by atoms with Crippen LogP contribution in [0, 0.1) is 0 Å². The molecule has 0 unspecified atom stereocenters. The Bertz CT molecular complexity index is 959. The summed E-state index contributed by atoms with van der Waals surface area (Å²) in [6.07, 6.45) is 1.63. The van der Waals surface area contributed by atoms with Gasteiger partial charge in [0.15, 0.2) is 11.5 Å². The average Bonchev–Trinajstić information content (AvgIpc) is 2.69. The number of hydrogen-bond donors (Lipinski definition) is 1. The van der Waals surface area contributed by atoms with Gasteiger partial charge in [0.25, 0.3) is 0 Å². The molecular weight excluding hydrogens is 364 g/mol. The van der Waals surface area contributed by atoms with Crippen LogP contribution in [0.15, 0.2) is 77.9 Å². The van der Waals surface area contributed by atoms with E-state index >= 15 is 0 Å². The van der Waals surface area contributed by atoms with Crippen LogP contribution >= 0.6 is 11.6 Å². The Labute approximate surface area is 162 Å². The molecule has 3 rings (SSSR count). The van der Waals surface area contributed by atoms with Crippen molar-refractivity contribution in [1.82, 2.24) is 0 Å². The molecule has 5 nitrogen and oxygen atoms in total. The third-order valence-electron chi connectivity index (χ3n) is 3.63. The lowest BCUT2D eigenvalue weighted by Crippen LogP contribution is -2.09. The van der Waals surface area contributed by atoms with Gasteiger partial charge in [0.05, 0.1) is 24.6 Å². The molecule has 3 aromatic carbocycles. The topological polar surface area (TPSA) is 59.9 Å². The molecule has 0 radical (unpaired) electrons. The molecule has 6 heteroatoms. The van der Waals surface area contributed by atoms with Crippen LogP contribution in [0.4, 0.5) is 5.69 Å². The van der Waals surface area contributed by atoms with E-state index < -0.39 is 5.97 Å². The molecular formula is C21H17ClN2O3. The minimum atomic E-state index is -0.446. The van der Waals surface area contributed by atoms with E-state index in [1.807, 2.05) is 18.2 Å². The van der Waals surface area contributed by atoms with Crippen molar-refractivity contribution in [3.8, 4) is 11.5 Å². The first kappa shape index (κ1) is 18.5. The van der Waals surface area contributed by atoms with Crippen LogP contribution in [0.5, 0.6) is 11.5 Å². The molecule has 0 heterocycles. The highest BCUT2D eigenvalue weighted by molar-refractivity contribution is 6.30. The van der Waals surface area contributed by atoms with Gasteiger partial charge in [0, 0.05) is 5.02 Å². The second kappa shape index (κ2) is 8.87. The van der Waals surface area contributed by atoms with Crippen LogP contribution in [0.1, 0.15) is 15.9 Å². The highest BCUT2D eigenvalue weighted by Crippen LogP contribution is 2.28. The Morgan fingerprint density at radius 1 is 1.00 bits per heavy atom. The van der Waals surface area contributed by atoms with E-state index in [1.54, 1.807) is 60.8 Å². The zero-order valence-electron chi connectivity index (χ0n) is 14.6. The molecule has 0 saturated carbocycles. The number of nitrogens with zero attached hydrogens (tertiary/aromatic N) is 1. The van der Waals surface area contributed by atoms with Gasteiger partial charge in [-0.1, -0.05) is 35.9 Å². The predicted octanol–water partition coefficient (Wildman–Crippen LogP) is 5.01. The maximum atomic E-state index is 12.2. The van der Waals surface area contributed by atoms with Crippen molar-refractivity contribution < 1.29 is 14.3 Å². The standard InChI is InChI=1S/C21H17ClN2O3/c1-26-20-12-15(14-23-24-18-9-5-8-17(22)13-18)10-11-19(20)27-21(25)16-6-3-2-4-7-16/h2-14,24H,1H3. The molecule has 136 valence electrons. The van der Waals surface area contributed by atoms with Crippen LogP contribution < -0.4 is 14.9 Å². The number of carbonyl (C=O) groups excluding carboxylic acids is 1. The highest BCUT2D eigenvalue weighted by atomic mass is 35.5. The number of hydrazone groups is 1. The van der Waals surface area contributed by atoms with Crippen LogP contribution in [0.2, 0.25) is 5.02 Å². The quantitative estimate of drug-likeness (QED) is 0.282. The van der Waals surface area contributed by atoms with Gasteiger partial charge < -0.3 is 9.47 Å². The molecule has 0 bridgehead atoms. The van der Waals surface area contributed by atoms with Gasteiger partial charge >= 0.3 is 5.97 Å². The van der Waals surface area contributed by atoms with Crippen LogP contribution in [-0.4, -0.2) is 19.3 Å². The Kier molecular flexibility index (Phi) is 6.07. The minimum Gasteiger partial charge on any atom is -0.493 e. The Balaban J connectivity index is 1.70. The summed E-state index contributed by atoms with van der Waals surface area (Å²) in [4.78, 5) is 12.2. The van der Waals surface area contributed by atoms with Gasteiger partial charge in [-0.05, 0) is 54.1 Å². The monoisotopic (exact) mass is 380 g/mol. The van der Waals surface area contributed by atoms with Gasteiger partial charge in [0.2, 0.25) is 0 Å². The van der Waals surface area contributed by atoms with Crippen LogP contribution in [0.25, 0.3) is 0 Å². The summed E-state index contributed by atoms with van der Waals surface area (Å²) in [6.45, 7) is 0. The number of esters is 1. The van der Waals surface area contributed by atoms with Crippen molar-refractivity contribution in [3.05, 3.63) is 88.9 Å². The lowest BCUT2D eigenvalue weighted by molar-refractivity contribution is 0.0729. The fourth-order valence-electron chi connectivity index (χ4n) is 2.32. The molecule has 0 aromatic heterocycles. The molecule has 0 atom stereocenters. The van der Waals surface area contributed by atoms with Crippen LogP contribution in [-0.2, 0) is 0 Å². The number of ether oxygens (including phenoxy) is 2. The lowest BCUT2D eigenvalue weighted by atomic mass is 10.2. The highest BCUT2D eigenvalue weighted by Gasteiger charge is 2.12. The number of benzene rings is 3. The number of rotatable bonds is 6. The molecule has 0 aliphatic rings. The van der Waals surface area contributed by atoms with E-state index in [0.29, 0.717) is 22.1 Å². The van der Waals surface area contributed by atoms with Gasteiger partial charge in [-0.3, -0.25) is 5.43 Å². The number of hydrogen-bond acceptors (Lipinski definition) is 5. The lowest BCUT2D eigenvalue weighted by Gasteiger charge is -2.10. The van der Waals surface area contributed by atoms with Crippen LogP contribution in [0.3, 0.4) is 0 Å². The first-order valence-electron chi connectivity index (χ1n) is 8.15. The van der Waals surface area contributed by atoms with Crippen molar-refractivity contribution in [3.63, 3.8) is 0 Å². The molecule has 0 fully saturated rings. The molecule has 1 N–H and O–H groups in total. The van der Waals surface area contributed by atoms with Crippen molar-refractivity contribution in [2.45, 2.75) is 0 Å². The predicted molar refractivity (Wildman–Crippen MR) is 107 cm³/mol. The molecule has 3 aromatic rings. The van der Waals surface area contributed by atoms with E-state index in [0.717, 1.165) is 11.3 Å². The summed E-state index contributed by atoms with van der Waals surface area (Å²) in [5, 5.41) is 4.80. The Hall–Kier alpha value is -3.31. The van der Waals surface area contributed by atoms with E-state index in [2.05, 4.69) is 10.5 Å². The smallest absolute Gasteiger partial charge is 0.343 e. The zero-order valence-corrected chi connectivity index (χ0v) is 15.3. The van der Waals surface area contributed by atoms with Gasteiger partial charge in [-0.2, -0.15) is 5.10 Å². The maximum Gasteiger partial charge on any atom is 0.343 e.